The zero-order valence-electron chi connectivity index (χ0n) is 9.87. The molecule has 88 valence electrons. The Bertz CT molecular complexity index is 345. The Morgan fingerprint density at radius 3 is 2.81 bits per heavy atom. The van der Waals surface area contributed by atoms with E-state index in [0.717, 1.165) is 24.7 Å². The van der Waals surface area contributed by atoms with Gasteiger partial charge >= 0.3 is 0 Å². The summed E-state index contributed by atoms with van der Waals surface area (Å²) in [6.45, 7) is 3.62. The number of aryl methyl sites for hydroxylation is 1. The van der Waals surface area contributed by atoms with E-state index in [0.29, 0.717) is 0 Å². The van der Waals surface area contributed by atoms with Crippen LogP contribution in [0.3, 0.4) is 0 Å². The molecule has 0 aromatic carbocycles. The zero-order chi connectivity index (χ0) is 11.4. The maximum absolute atomic E-state index is 5.88. The van der Waals surface area contributed by atoms with E-state index in [1.54, 1.807) is 6.20 Å². The third kappa shape index (κ3) is 2.50. The molecule has 2 rings (SSSR count). The second kappa shape index (κ2) is 4.78. The molecule has 3 N–H and O–H groups in total. The Kier molecular flexibility index (Phi) is 3.39. The van der Waals surface area contributed by atoms with Crippen molar-refractivity contribution >= 4 is 5.95 Å². The highest BCUT2D eigenvalue weighted by Crippen LogP contribution is 2.36. The van der Waals surface area contributed by atoms with Crippen molar-refractivity contribution < 1.29 is 0 Å². The lowest BCUT2D eigenvalue weighted by Gasteiger charge is -2.27. The SMILES string of the molecule is Cc1ccnc(NCC2(CN)CCCC2)n1. The van der Waals surface area contributed by atoms with Gasteiger partial charge < -0.3 is 11.1 Å². The molecule has 1 saturated carbocycles. The second-order valence-corrected chi connectivity index (χ2v) is 4.79. The predicted molar refractivity (Wildman–Crippen MR) is 65.2 cm³/mol. The summed E-state index contributed by atoms with van der Waals surface area (Å²) in [4.78, 5) is 8.54. The van der Waals surface area contributed by atoms with Gasteiger partial charge in [0.1, 0.15) is 0 Å². The number of aromatic nitrogens is 2. The van der Waals surface area contributed by atoms with Gasteiger partial charge in [-0.05, 0) is 37.8 Å². The molecule has 4 nitrogen and oxygen atoms in total. The van der Waals surface area contributed by atoms with Gasteiger partial charge in [0.15, 0.2) is 0 Å². The van der Waals surface area contributed by atoms with E-state index < -0.39 is 0 Å². The molecule has 0 spiro atoms. The lowest BCUT2D eigenvalue weighted by atomic mass is 9.86. The Balaban J connectivity index is 1.95. The summed E-state index contributed by atoms with van der Waals surface area (Å²) in [5.41, 5.74) is 7.14. The summed E-state index contributed by atoms with van der Waals surface area (Å²) in [5.74, 6) is 0.722. The Morgan fingerprint density at radius 2 is 2.19 bits per heavy atom. The molecule has 0 atom stereocenters. The fraction of sp³-hybridized carbons (Fsp3) is 0.667. The fourth-order valence-electron chi connectivity index (χ4n) is 2.38. The number of hydrogen-bond donors (Lipinski definition) is 2. The molecule has 16 heavy (non-hydrogen) atoms. The maximum Gasteiger partial charge on any atom is 0.222 e. The van der Waals surface area contributed by atoms with Crippen LogP contribution in [0.1, 0.15) is 31.4 Å². The first kappa shape index (κ1) is 11.3. The summed E-state index contributed by atoms with van der Waals surface area (Å²) in [6.07, 6.45) is 6.83. The van der Waals surface area contributed by atoms with Gasteiger partial charge in [0.05, 0.1) is 0 Å². The zero-order valence-corrected chi connectivity index (χ0v) is 9.87. The van der Waals surface area contributed by atoms with Crippen LogP contribution in [0.4, 0.5) is 5.95 Å². The van der Waals surface area contributed by atoms with Crippen molar-refractivity contribution in [1.29, 1.82) is 0 Å². The summed E-state index contributed by atoms with van der Waals surface area (Å²) < 4.78 is 0. The molecule has 1 aliphatic rings. The highest BCUT2D eigenvalue weighted by molar-refractivity contribution is 5.25. The monoisotopic (exact) mass is 220 g/mol. The maximum atomic E-state index is 5.88. The third-order valence-electron chi connectivity index (χ3n) is 3.51. The number of nitrogens with one attached hydrogen (secondary N) is 1. The molecule has 1 aromatic rings. The predicted octanol–water partition coefficient (Wildman–Crippen LogP) is 1.72. The van der Waals surface area contributed by atoms with Crippen LogP contribution in [0.25, 0.3) is 0 Å². The second-order valence-electron chi connectivity index (χ2n) is 4.79. The number of anilines is 1. The minimum Gasteiger partial charge on any atom is -0.354 e. The first-order chi connectivity index (χ1) is 7.74. The highest BCUT2D eigenvalue weighted by Gasteiger charge is 2.32. The van der Waals surface area contributed by atoms with Crippen LogP contribution in [0.2, 0.25) is 0 Å². The largest absolute Gasteiger partial charge is 0.354 e. The average molecular weight is 220 g/mol. The molecule has 0 radical (unpaired) electrons. The van der Waals surface area contributed by atoms with Gasteiger partial charge in [-0.25, -0.2) is 9.97 Å². The Labute approximate surface area is 96.7 Å². The molecule has 1 heterocycles. The van der Waals surface area contributed by atoms with Gasteiger partial charge in [0.2, 0.25) is 5.95 Å². The van der Waals surface area contributed by atoms with Crippen LogP contribution < -0.4 is 11.1 Å². The Hall–Kier alpha value is -1.16. The molecule has 1 aromatic heterocycles. The average Bonchev–Trinajstić information content (AvgIpc) is 2.76. The van der Waals surface area contributed by atoms with Crippen molar-refractivity contribution in [3.05, 3.63) is 18.0 Å². The lowest BCUT2D eigenvalue weighted by Crippen LogP contribution is -2.35. The standard InChI is InChI=1S/C12H20N4/c1-10-4-7-14-11(16-10)15-9-12(8-13)5-2-3-6-12/h4,7H,2-3,5-6,8-9,13H2,1H3,(H,14,15,16). The van der Waals surface area contributed by atoms with Gasteiger partial charge in [-0.1, -0.05) is 12.8 Å². The van der Waals surface area contributed by atoms with Gasteiger partial charge in [-0.15, -0.1) is 0 Å². The molecule has 0 unspecified atom stereocenters. The Morgan fingerprint density at radius 1 is 1.44 bits per heavy atom. The molecular formula is C12H20N4. The topological polar surface area (TPSA) is 63.8 Å². The minimum absolute atomic E-state index is 0.271. The fourth-order valence-corrected chi connectivity index (χ4v) is 2.38. The van der Waals surface area contributed by atoms with E-state index in [4.69, 9.17) is 5.73 Å². The molecule has 0 bridgehead atoms. The van der Waals surface area contributed by atoms with E-state index in [2.05, 4.69) is 15.3 Å². The quantitative estimate of drug-likeness (QED) is 0.811. The smallest absolute Gasteiger partial charge is 0.222 e. The lowest BCUT2D eigenvalue weighted by molar-refractivity contribution is 0.331. The number of hydrogen-bond acceptors (Lipinski definition) is 4. The van der Waals surface area contributed by atoms with Crippen LogP contribution in [-0.4, -0.2) is 23.1 Å². The summed E-state index contributed by atoms with van der Waals surface area (Å²) in [7, 11) is 0. The molecule has 0 aliphatic heterocycles. The molecule has 4 heteroatoms. The first-order valence-corrected chi connectivity index (χ1v) is 5.98. The van der Waals surface area contributed by atoms with Crippen LogP contribution in [0.15, 0.2) is 12.3 Å². The molecule has 1 aliphatic carbocycles. The van der Waals surface area contributed by atoms with E-state index in [1.807, 2.05) is 13.0 Å². The van der Waals surface area contributed by atoms with Gasteiger partial charge in [-0.2, -0.15) is 0 Å². The van der Waals surface area contributed by atoms with Crippen LogP contribution >= 0.6 is 0 Å². The first-order valence-electron chi connectivity index (χ1n) is 5.98. The van der Waals surface area contributed by atoms with E-state index in [9.17, 15) is 0 Å². The van der Waals surface area contributed by atoms with Crippen molar-refractivity contribution in [2.24, 2.45) is 11.1 Å². The number of nitrogens with two attached hydrogens (primary N) is 1. The van der Waals surface area contributed by atoms with E-state index in [1.165, 1.54) is 25.7 Å². The van der Waals surface area contributed by atoms with Crippen molar-refractivity contribution in [3.63, 3.8) is 0 Å². The van der Waals surface area contributed by atoms with Gasteiger partial charge in [0.25, 0.3) is 0 Å². The van der Waals surface area contributed by atoms with Crippen molar-refractivity contribution in [2.45, 2.75) is 32.6 Å². The van der Waals surface area contributed by atoms with Crippen LogP contribution in [-0.2, 0) is 0 Å². The number of rotatable bonds is 4. The molecule has 0 saturated heterocycles. The van der Waals surface area contributed by atoms with Gasteiger partial charge in [0, 0.05) is 18.4 Å². The molecule has 1 fully saturated rings. The molecule has 0 amide bonds. The van der Waals surface area contributed by atoms with E-state index in [-0.39, 0.29) is 5.41 Å². The van der Waals surface area contributed by atoms with Crippen LogP contribution in [0.5, 0.6) is 0 Å². The minimum atomic E-state index is 0.271. The summed E-state index contributed by atoms with van der Waals surface area (Å²) >= 11 is 0. The van der Waals surface area contributed by atoms with E-state index >= 15 is 0 Å². The van der Waals surface area contributed by atoms with Crippen molar-refractivity contribution in [3.8, 4) is 0 Å². The normalized spacial score (nSPS) is 18.6. The summed E-state index contributed by atoms with van der Waals surface area (Å²) in [6, 6.07) is 1.90. The van der Waals surface area contributed by atoms with Crippen LogP contribution in [0, 0.1) is 12.3 Å². The third-order valence-corrected chi connectivity index (χ3v) is 3.51. The molecular weight excluding hydrogens is 200 g/mol. The van der Waals surface area contributed by atoms with Gasteiger partial charge in [-0.3, -0.25) is 0 Å². The van der Waals surface area contributed by atoms with Crippen molar-refractivity contribution in [1.82, 2.24) is 9.97 Å². The van der Waals surface area contributed by atoms with Crippen molar-refractivity contribution in [2.75, 3.05) is 18.4 Å². The number of nitrogens with zero attached hydrogens (tertiary/aromatic N) is 2. The summed E-state index contributed by atoms with van der Waals surface area (Å²) in [5, 5.41) is 3.32. The highest BCUT2D eigenvalue weighted by atomic mass is 15.1.